The molecule has 1 aliphatic rings. The lowest BCUT2D eigenvalue weighted by Crippen LogP contribution is -2.27. The molecule has 0 radical (unpaired) electrons. The third-order valence-electron chi connectivity index (χ3n) is 3.61. The summed E-state index contributed by atoms with van der Waals surface area (Å²) in [5.74, 6) is -0.315. The van der Waals surface area contributed by atoms with Gasteiger partial charge in [-0.3, -0.25) is 9.59 Å². The van der Waals surface area contributed by atoms with E-state index in [4.69, 9.17) is 16.3 Å². The van der Waals surface area contributed by atoms with Gasteiger partial charge < -0.3 is 15.0 Å². The number of carbonyl (C=O) groups excluding carboxylic acids is 2. The number of benzene rings is 1. The van der Waals surface area contributed by atoms with Gasteiger partial charge in [0.1, 0.15) is 0 Å². The first-order chi connectivity index (χ1) is 10.1. The summed E-state index contributed by atoms with van der Waals surface area (Å²) in [5, 5.41) is 3.32. The van der Waals surface area contributed by atoms with Crippen molar-refractivity contribution in [2.75, 3.05) is 32.1 Å². The molecular formula is C15H19ClN2O3. The summed E-state index contributed by atoms with van der Waals surface area (Å²) >= 11 is 5.99. The number of para-hydroxylation sites is 1. The first kappa shape index (κ1) is 15.8. The van der Waals surface area contributed by atoms with Gasteiger partial charge in [-0.2, -0.15) is 0 Å². The number of rotatable bonds is 5. The topological polar surface area (TPSA) is 58.6 Å². The number of esters is 1. The molecule has 6 heteroatoms. The molecule has 0 aromatic heterocycles. The van der Waals surface area contributed by atoms with Gasteiger partial charge in [-0.15, -0.1) is 0 Å². The molecule has 114 valence electrons. The van der Waals surface area contributed by atoms with E-state index in [9.17, 15) is 9.59 Å². The molecule has 0 spiro atoms. The second kappa shape index (κ2) is 7.43. The third-order valence-corrected chi connectivity index (χ3v) is 3.94. The van der Waals surface area contributed by atoms with Gasteiger partial charge in [0.05, 0.1) is 23.7 Å². The molecule has 1 N–H and O–H groups in total. The van der Waals surface area contributed by atoms with Crippen LogP contribution in [-0.4, -0.2) is 43.5 Å². The SMILES string of the molecule is COC(=O)C1CCN(CCC(=O)Nc2ccccc2Cl)C1. The Labute approximate surface area is 129 Å². The quantitative estimate of drug-likeness (QED) is 0.847. The fourth-order valence-electron chi connectivity index (χ4n) is 2.43. The molecule has 1 heterocycles. The smallest absolute Gasteiger partial charge is 0.310 e. The zero-order chi connectivity index (χ0) is 15.2. The van der Waals surface area contributed by atoms with E-state index in [1.165, 1.54) is 7.11 Å². The number of anilines is 1. The molecule has 1 aromatic rings. The molecule has 1 amide bonds. The van der Waals surface area contributed by atoms with E-state index in [0.29, 0.717) is 30.2 Å². The lowest BCUT2D eigenvalue weighted by Gasteiger charge is -2.15. The van der Waals surface area contributed by atoms with E-state index < -0.39 is 0 Å². The Hall–Kier alpha value is -1.59. The van der Waals surface area contributed by atoms with E-state index in [2.05, 4.69) is 10.2 Å². The number of likely N-dealkylation sites (tertiary alicyclic amines) is 1. The number of methoxy groups -OCH3 is 1. The second-order valence-electron chi connectivity index (χ2n) is 5.09. The molecule has 21 heavy (non-hydrogen) atoms. The predicted octanol–water partition coefficient (Wildman–Crippen LogP) is 2.16. The lowest BCUT2D eigenvalue weighted by atomic mass is 10.1. The van der Waals surface area contributed by atoms with Crippen molar-refractivity contribution in [2.45, 2.75) is 12.8 Å². The number of nitrogens with zero attached hydrogens (tertiary/aromatic N) is 1. The summed E-state index contributed by atoms with van der Waals surface area (Å²) in [6.07, 6.45) is 1.16. The highest BCUT2D eigenvalue weighted by atomic mass is 35.5. The molecule has 1 aliphatic heterocycles. The number of nitrogens with one attached hydrogen (secondary N) is 1. The molecule has 1 saturated heterocycles. The summed E-state index contributed by atoms with van der Waals surface area (Å²) in [6, 6.07) is 7.14. The van der Waals surface area contributed by atoms with E-state index in [-0.39, 0.29) is 17.8 Å². The first-order valence-corrected chi connectivity index (χ1v) is 7.32. The number of amides is 1. The molecule has 1 atom stereocenters. The van der Waals surface area contributed by atoms with E-state index in [1.807, 2.05) is 12.1 Å². The zero-order valence-electron chi connectivity index (χ0n) is 12.0. The van der Waals surface area contributed by atoms with Crippen LogP contribution in [0.2, 0.25) is 5.02 Å². The van der Waals surface area contributed by atoms with Crippen LogP contribution in [0.15, 0.2) is 24.3 Å². The highest BCUT2D eigenvalue weighted by molar-refractivity contribution is 6.33. The molecule has 1 fully saturated rings. The van der Waals surface area contributed by atoms with Gasteiger partial charge in [0.2, 0.25) is 5.91 Å². The van der Waals surface area contributed by atoms with Crippen molar-refractivity contribution < 1.29 is 14.3 Å². The van der Waals surface area contributed by atoms with Crippen LogP contribution in [-0.2, 0) is 14.3 Å². The Morgan fingerprint density at radius 3 is 2.90 bits per heavy atom. The average Bonchev–Trinajstić information content (AvgIpc) is 2.96. The largest absolute Gasteiger partial charge is 0.469 e. The molecule has 1 unspecified atom stereocenters. The molecule has 5 nitrogen and oxygen atoms in total. The van der Waals surface area contributed by atoms with Crippen molar-refractivity contribution in [1.82, 2.24) is 4.90 Å². The van der Waals surface area contributed by atoms with Crippen molar-refractivity contribution in [3.8, 4) is 0 Å². The number of ether oxygens (including phenoxy) is 1. The monoisotopic (exact) mass is 310 g/mol. The Bertz CT molecular complexity index is 521. The minimum Gasteiger partial charge on any atom is -0.469 e. The van der Waals surface area contributed by atoms with Gasteiger partial charge in [0.15, 0.2) is 0 Å². The number of hydrogen-bond acceptors (Lipinski definition) is 4. The average molecular weight is 311 g/mol. The maximum atomic E-state index is 11.9. The van der Waals surface area contributed by atoms with Crippen LogP contribution in [0.3, 0.4) is 0 Å². The summed E-state index contributed by atoms with van der Waals surface area (Å²) in [5.41, 5.74) is 0.623. The molecule has 0 saturated carbocycles. The maximum absolute atomic E-state index is 11.9. The summed E-state index contributed by atoms with van der Waals surface area (Å²) in [4.78, 5) is 25.4. The van der Waals surface area contributed by atoms with Crippen LogP contribution in [0.4, 0.5) is 5.69 Å². The normalized spacial score (nSPS) is 18.5. The summed E-state index contributed by atoms with van der Waals surface area (Å²) in [7, 11) is 1.40. The standard InChI is InChI=1S/C15H19ClN2O3/c1-21-15(20)11-6-8-18(10-11)9-7-14(19)17-13-5-3-2-4-12(13)16/h2-5,11H,6-10H2,1H3,(H,17,19). The highest BCUT2D eigenvalue weighted by Gasteiger charge is 2.28. The van der Waals surface area contributed by atoms with Gasteiger partial charge in [-0.25, -0.2) is 0 Å². The molecule has 1 aromatic carbocycles. The minimum absolute atomic E-state index is 0.0679. The fourth-order valence-corrected chi connectivity index (χ4v) is 2.61. The van der Waals surface area contributed by atoms with Crippen LogP contribution in [0, 0.1) is 5.92 Å². The number of halogens is 1. The molecular weight excluding hydrogens is 292 g/mol. The molecule has 0 bridgehead atoms. The van der Waals surface area contributed by atoms with Crippen LogP contribution >= 0.6 is 11.6 Å². The van der Waals surface area contributed by atoms with Crippen molar-refractivity contribution >= 4 is 29.2 Å². The van der Waals surface area contributed by atoms with E-state index in [0.717, 1.165) is 13.0 Å². The molecule has 2 rings (SSSR count). The van der Waals surface area contributed by atoms with Gasteiger partial charge in [0, 0.05) is 19.5 Å². The number of carbonyl (C=O) groups is 2. The van der Waals surface area contributed by atoms with Crippen molar-refractivity contribution in [3.05, 3.63) is 29.3 Å². The van der Waals surface area contributed by atoms with Crippen LogP contribution in [0.5, 0.6) is 0 Å². The van der Waals surface area contributed by atoms with Gasteiger partial charge >= 0.3 is 5.97 Å². The Morgan fingerprint density at radius 2 is 2.19 bits per heavy atom. The van der Waals surface area contributed by atoms with Gasteiger partial charge in [-0.1, -0.05) is 23.7 Å². The van der Waals surface area contributed by atoms with Crippen LogP contribution in [0.1, 0.15) is 12.8 Å². The Balaban J connectivity index is 1.75. The highest BCUT2D eigenvalue weighted by Crippen LogP contribution is 2.21. The Kier molecular flexibility index (Phi) is 5.59. The van der Waals surface area contributed by atoms with Crippen LogP contribution in [0.25, 0.3) is 0 Å². The van der Waals surface area contributed by atoms with E-state index >= 15 is 0 Å². The minimum atomic E-state index is -0.169. The summed E-state index contributed by atoms with van der Waals surface area (Å²) < 4.78 is 4.74. The van der Waals surface area contributed by atoms with E-state index in [1.54, 1.807) is 12.1 Å². The molecule has 0 aliphatic carbocycles. The predicted molar refractivity (Wildman–Crippen MR) is 81.3 cm³/mol. The van der Waals surface area contributed by atoms with Crippen molar-refractivity contribution in [3.63, 3.8) is 0 Å². The third kappa shape index (κ3) is 4.44. The number of hydrogen-bond donors (Lipinski definition) is 1. The van der Waals surface area contributed by atoms with Gasteiger partial charge in [-0.05, 0) is 25.1 Å². The first-order valence-electron chi connectivity index (χ1n) is 6.94. The van der Waals surface area contributed by atoms with Crippen molar-refractivity contribution in [1.29, 1.82) is 0 Å². The summed E-state index contributed by atoms with van der Waals surface area (Å²) in [6.45, 7) is 2.11. The van der Waals surface area contributed by atoms with Crippen LogP contribution < -0.4 is 5.32 Å². The maximum Gasteiger partial charge on any atom is 0.310 e. The van der Waals surface area contributed by atoms with Crippen molar-refractivity contribution in [2.24, 2.45) is 5.92 Å². The zero-order valence-corrected chi connectivity index (χ0v) is 12.7. The second-order valence-corrected chi connectivity index (χ2v) is 5.49. The Morgan fingerprint density at radius 1 is 1.43 bits per heavy atom. The fraction of sp³-hybridized carbons (Fsp3) is 0.467. The van der Waals surface area contributed by atoms with Gasteiger partial charge in [0.25, 0.3) is 0 Å². The lowest BCUT2D eigenvalue weighted by molar-refractivity contribution is -0.144.